The highest BCUT2D eigenvalue weighted by Gasteiger charge is 2.37. The second kappa shape index (κ2) is 10.0. The molecule has 0 saturated heterocycles. The van der Waals surface area contributed by atoms with Crippen molar-refractivity contribution in [2.75, 3.05) is 0 Å². The summed E-state index contributed by atoms with van der Waals surface area (Å²) in [6.45, 7) is 9.27. The molecule has 0 radical (unpaired) electrons. The van der Waals surface area contributed by atoms with E-state index in [0.29, 0.717) is 11.5 Å². The first kappa shape index (κ1) is 28.3. The van der Waals surface area contributed by atoms with Crippen LogP contribution in [0.5, 0.6) is 0 Å². The van der Waals surface area contributed by atoms with Crippen molar-refractivity contribution in [3.05, 3.63) is 118 Å². The summed E-state index contributed by atoms with van der Waals surface area (Å²) in [6, 6.07) is 31.7. The van der Waals surface area contributed by atoms with Crippen molar-refractivity contribution in [3.8, 4) is 40.1 Å². The molecule has 9 rings (SSSR count). The Balaban J connectivity index is 1.36. The third-order valence-corrected chi connectivity index (χ3v) is 12.4. The summed E-state index contributed by atoms with van der Waals surface area (Å²) in [5.74, 6) is 0.587. The Bertz CT molecular complexity index is 2440. The molecule has 0 N–H and O–H groups in total. The van der Waals surface area contributed by atoms with Crippen LogP contribution in [0.25, 0.3) is 54.2 Å². The van der Waals surface area contributed by atoms with Gasteiger partial charge in [-0.15, -0.1) is 11.3 Å². The first-order valence-electron chi connectivity index (χ1n) is 16.8. The quantitative estimate of drug-likeness (QED) is 0.192. The van der Waals surface area contributed by atoms with Gasteiger partial charge in [0.1, 0.15) is 0 Å². The summed E-state index contributed by atoms with van der Waals surface area (Å²) >= 11 is 1.85. The molecule has 2 aromatic heterocycles. The molecule has 6 aromatic rings. The average molecular weight is 626 g/mol. The van der Waals surface area contributed by atoms with Gasteiger partial charge in [-0.05, 0) is 94.5 Å². The normalized spacial score (nSPS) is 20.3. The smallest absolute Gasteiger partial charge is 0.0998 e. The Kier molecular flexibility index (Phi) is 6.06. The van der Waals surface area contributed by atoms with E-state index < -0.39 is 0 Å². The van der Waals surface area contributed by atoms with Gasteiger partial charge in [0.15, 0.2) is 0 Å². The Hall–Kier alpha value is -4.90. The van der Waals surface area contributed by atoms with Crippen molar-refractivity contribution in [1.29, 1.82) is 10.5 Å². The molecule has 0 fully saturated rings. The predicted octanol–water partition coefficient (Wildman–Crippen LogP) is 11.4. The average Bonchev–Trinajstić information content (AvgIpc) is 3.70. The molecular weight excluding hydrogens is 591 g/mol. The zero-order chi connectivity index (χ0) is 32.2. The van der Waals surface area contributed by atoms with Gasteiger partial charge in [0, 0.05) is 48.5 Å². The number of rotatable bonds is 2. The second-order valence-corrected chi connectivity index (χ2v) is 15.4. The molecule has 3 nitrogen and oxygen atoms in total. The number of aromatic nitrogens is 1. The van der Waals surface area contributed by atoms with Crippen LogP contribution >= 0.6 is 11.3 Å². The molecule has 2 heterocycles. The number of allylic oxidation sites excluding steroid dienone is 1. The molecule has 0 spiro atoms. The molecular formula is C43H35N3S. The number of hydrogen-bond acceptors (Lipinski definition) is 3. The van der Waals surface area contributed by atoms with Crippen molar-refractivity contribution >= 4 is 37.6 Å². The van der Waals surface area contributed by atoms with E-state index in [0.717, 1.165) is 36.1 Å². The Morgan fingerprint density at radius 3 is 2.47 bits per heavy atom. The summed E-state index contributed by atoms with van der Waals surface area (Å²) in [7, 11) is 0. The minimum atomic E-state index is -0.0569. The van der Waals surface area contributed by atoms with Gasteiger partial charge in [0.05, 0.1) is 29.3 Å². The third-order valence-electron chi connectivity index (χ3n) is 11.2. The molecule has 4 heteroatoms. The molecule has 3 atom stereocenters. The largest absolute Gasteiger partial charge is 0.316 e. The maximum atomic E-state index is 10.7. The summed E-state index contributed by atoms with van der Waals surface area (Å²) in [4.78, 5) is 0. The maximum absolute atomic E-state index is 10.7. The Morgan fingerprint density at radius 1 is 0.830 bits per heavy atom. The van der Waals surface area contributed by atoms with Gasteiger partial charge < -0.3 is 4.57 Å². The molecule has 0 bridgehead atoms. The number of hydrogen-bond donors (Lipinski definition) is 0. The van der Waals surface area contributed by atoms with Crippen LogP contribution < -0.4 is 0 Å². The van der Waals surface area contributed by atoms with E-state index in [-0.39, 0.29) is 17.3 Å². The zero-order valence-electron chi connectivity index (χ0n) is 27.2. The molecule has 47 heavy (non-hydrogen) atoms. The van der Waals surface area contributed by atoms with E-state index in [2.05, 4.69) is 117 Å². The number of fused-ring (bicyclic) bond motifs is 9. The van der Waals surface area contributed by atoms with E-state index >= 15 is 0 Å². The van der Waals surface area contributed by atoms with Gasteiger partial charge in [-0.3, -0.25) is 0 Å². The van der Waals surface area contributed by atoms with E-state index in [4.69, 9.17) is 0 Å². The van der Waals surface area contributed by atoms with Gasteiger partial charge in [0.25, 0.3) is 0 Å². The summed E-state index contributed by atoms with van der Waals surface area (Å²) in [5.41, 5.74) is 14.5. The summed E-state index contributed by atoms with van der Waals surface area (Å²) in [6.07, 6.45) is 7.20. The first-order chi connectivity index (χ1) is 22.8. The maximum Gasteiger partial charge on any atom is 0.0998 e. The van der Waals surface area contributed by atoms with Crippen molar-refractivity contribution < 1.29 is 0 Å². The molecule has 4 aromatic carbocycles. The monoisotopic (exact) mass is 625 g/mol. The zero-order valence-corrected chi connectivity index (χ0v) is 28.0. The van der Waals surface area contributed by atoms with Crippen LogP contribution in [0.2, 0.25) is 0 Å². The van der Waals surface area contributed by atoms with Gasteiger partial charge in [0.2, 0.25) is 0 Å². The number of benzene rings is 4. The van der Waals surface area contributed by atoms with E-state index in [1.165, 1.54) is 64.9 Å². The molecule has 228 valence electrons. The lowest BCUT2D eigenvalue weighted by Crippen LogP contribution is -2.19. The molecule has 0 amide bonds. The molecule has 3 aliphatic carbocycles. The second-order valence-electron chi connectivity index (χ2n) is 14.4. The molecule has 3 aliphatic rings. The minimum absolute atomic E-state index is 0.0238. The topological polar surface area (TPSA) is 52.5 Å². The van der Waals surface area contributed by atoms with Crippen LogP contribution in [0.4, 0.5) is 0 Å². The fraction of sp³-hybridized carbons (Fsp3) is 0.256. The molecule has 0 aliphatic heterocycles. The van der Waals surface area contributed by atoms with Crippen LogP contribution in [0.3, 0.4) is 0 Å². The summed E-state index contributed by atoms with van der Waals surface area (Å²) < 4.78 is 5.04. The highest BCUT2D eigenvalue weighted by atomic mass is 32.1. The SMILES string of the molecule is CC1CC=Cc2c3c(n(-c4cccc(C#N)c4-c4cccc5sc6cc7c(cc6c45)-c4ccccc4C7(C)C)c21)C(C)CC(C#N)C3. The van der Waals surface area contributed by atoms with Crippen molar-refractivity contribution in [2.45, 2.75) is 64.2 Å². The van der Waals surface area contributed by atoms with Crippen LogP contribution in [0.1, 0.15) is 91.6 Å². The summed E-state index contributed by atoms with van der Waals surface area (Å²) in [5, 5.41) is 23.1. The number of nitrogens with zero attached hydrogens (tertiary/aromatic N) is 3. The fourth-order valence-electron chi connectivity index (χ4n) is 9.14. The van der Waals surface area contributed by atoms with E-state index in [1.807, 2.05) is 23.5 Å². The van der Waals surface area contributed by atoms with E-state index in [1.54, 1.807) is 0 Å². The lowest BCUT2D eigenvalue weighted by Gasteiger charge is -2.28. The third kappa shape index (κ3) is 3.83. The van der Waals surface area contributed by atoms with Crippen molar-refractivity contribution in [3.63, 3.8) is 0 Å². The highest BCUT2D eigenvalue weighted by Crippen LogP contribution is 2.53. The lowest BCUT2D eigenvalue weighted by molar-refractivity contribution is 0.485. The van der Waals surface area contributed by atoms with Crippen molar-refractivity contribution in [1.82, 2.24) is 4.57 Å². The van der Waals surface area contributed by atoms with Gasteiger partial charge >= 0.3 is 0 Å². The van der Waals surface area contributed by atoms with Gasteiger partial charge in [-0.1, -0.05) is 82.3 Å². The Labute approximate surface area is 280 Å². The van der Waals surface area contributed by atoms with Crippen LogP contribution in [0, 0.1) is 28.6 Å². The van der Waals surface area contributed by atoms with Crippen molar-refractivity contribution in [2.24, 2.45) is 5.92 Å². The minimum Gasteiger partial charge on any atom is -0.316 e. The highest BCUT2D eigenvalue weighted by molar-refractivity contribution is 7.26. The van der Waals surface area contributed by atoms with Gasteiger partial charge in [-0.2, -0.15) is 10.5 Å². The van der Waals surface area contributed by atoms with Gasteiger partial charge in [-0.25, -0.2) is 0 Å². The van der Waals surface area contributed by atoms with Crippen LogP contribution in [-0.2, 0) is 11.8 Å². The number of nitriles is 2. The van der Waals surface area contributed by atoms with Crippen LogP contribution in [0.15, 0.2) is 78.9 Å². The molecule has 0 saturated carbocycles. The lowest BCUT2D eigenvalue weighted by atomic mass is 9.79. The molecule has 3 unspecified atom stereocenters. The predicted molar refractivity (Wildman–Crippen MR) is 194 cm³/mol. The number of thiophene rings is 1. The first-order valence-corrected chi connectivity index (χ1v) is 17.6. The fourth-order valence-corrected chi connectivity index (χ4v) is 10.3. The van der Waals surface area contributed by atoms with Crippen LogP contribution in [-0.4, -0.2) is 4.57 Å². The van der Waals surface area contributed by atoms with E-state index in [9.17, 15) is 10.5 Å². The Morgan fingerprint density at radius 2 is 1.64 bits per heavy atom. The standard InChI is InChI=1S/C43H35N3S/c1-24-10-7-13-29-32-19-26(22-44)18-25(2)42(32)46(41(24)29)36-16-8-11-27(23-45)39(36)30-14-9-17-37-40(30)33-20-31-28-12-5-6-15-34(28)43(3,4)35(31)21-38(33)47-37/h5-9,11-17,20-21,24-26H,10,18-19H2,1-4H3.